The van der Waals surface area contributed by atoms with Crippen LogP contribution in [-0.4, -0.2) is 52.3 Å². The molecule has 1 spiro atoms. The van der Waals surface area contributed by atoms with Crippen LogP contribution in [0.1, 0.15) is 117 Å². The zero-order valence-corrected chi connectivity index (χ0v) is 29.5. The molecule has 5 atom stereocenters. The van der Waals surface area contributed by atoms with Gasteiger partial charge in [-0.05, 0) is 80.5 Å². The molecule has 0 bridgehead atoms. The second-order valence-corrected chi connectivity index (χ2v) is 15.1. The van der Waals surface area contributed by atoms with Gasteiger partial charge in [0.2, 0.25) is 5.91 Å². The fourth-order valence-corrected chi connectivity index (χ4v) is 8.82. The molecule has 3 aromatic rings. The molecule has 3 fully saturated rings. The predicted octanol–water partition coefficient (Wildman–Crippen LogP) is 6.03. The summed E-state index contributed by atoms with van der Waals surface area (Å²) in [5.41, 5.74) is 3.53. The highest BCUT2D eigenvalue weighted by Crippen LogP contribution is 2.50. The summed E-state index contributed by atoms with van der Waals surface area (Å²) in [6, 6.07) is 17.3. The van der Waals surface area contributed by atoms with E-state index in [-0.39, 0.29) is 47.3 Å². The van der Waals surface area contributed by atoms with Crippen LogP contribution in [-0.2, 0) is 17.6 Å². The number of rotatable bonds is 11. The highest BCUT2D eigenvalue weighted by Gasteiger charge is 2.48. The smallest absolute Gasteiger partial charge is 0.274 e. The molecule has 2 amide bonds. The van der Waals surface area contributed by atoms with Crippen molar-refractivity contribution >= 4 is 17.5 Å². The van der Waals surface area contributed by atoms with Gasteiger partial charge in [-0.2, -0.15) is 0 Å². The molecule has 9 heteroatoms. The number of carbonyl (C=O) groups excluding carboxylic acids is 2. The number of aryl methyl sites for hydroxylation is 1. The third-order valence-electron chi connectivity index (χ3n) is 11.9. The maximum Gasteiger partial charge on any atom is 0.274 e. The normalized spacial score (nSPS) is 24.7. The van der Waals surface area contributed by atoms with E-state index in [0.29, 0.717) is 37.3 Å². The number of nitrogens with one attached hydrogen (secondary N) is 2. The minimum absolute atomic E-state index is 0.00284. The molecule has 4 aliphatic rings. The van der Waals surface area contributed by atoms with Crippen molar-refractivity contribution in [1.29, 1.82) is 0 Å². The van der Waals surface area contributed by atoms with Crippen LogP contribution in [0.25, 0.3) is 0 Å². The number of amides is 2. The topological polar surface area (TPSA) is 113 Å². The van der Waals surface area contributed by atoms with Gasteiger partial charge in [-0.25, -0.2) is 0 Å². The number of aliphatic hydroxyl groups excluding tert-OH is 1. The van der Waals surface area contributed by atoms with E-state index in [2.05, 4.69) is 42.7 Å². The van der Waals surface area contributed by atoms with Crippen molar-refractivity contribution < 1.29 is 19.4 Å². The van der Waals surface area contributed by atoms with Crippen LogP contribution < -0.4 is 25.8 Å². The van der Waals surface area contributed by atoms with E-state index in [1.807, 2.05) is 30.3 Å². The molecule has 2 saturated carbocycles. The predicted molar refractivity (Wildman–Crippen MR) is 195 cm³/mol. The fraction of sp³-hybridized carbons (Fsp3) is 0.537. The summed E-state index contributed by atoms with van der Waals surface area (Å²) in [4.78, 5) is 42.1. The van der Waals surface area contributed by atoms with Crippen molar-refractivity contribution in [3.05, 3.63) is 93.4 Å². The third-order valence-corrected chi connectivity index (χ3v) is 11.9. The number of ether oxygens (including phenoxy) is 1. The molecule has 1 saturated heterocycles. The molecule has 2 aliphatic heterocycles. The molecule has 1 aromatic heterocycles. The Morgan fingerprint density at radius 1 is 1.02 bits per heavy atom. The second kappa shape index (κ2) is 14.7. The van der Waals surface area contributed by atoms with Gasteiger partial charge in [0.1, 0.15) is 17.0 Å². The summed E-state index contributed by atoms with van der Waals surface area (Å²) in [5.74, 6) is 0.907. The molecule has 3 heterocycles. The Morgan fingerprint density at radius 3 is 2.52 bits per heavy atom. The standard InChI is InChI=1S/C41H52N4O5/c1-3-28-17-18-37-32(21-28)34(24-41(50-37)19-9-11-27(41)2)42-25-36(46)33(22-29-12-5-4-6-13-29)43-39(48)30-23-35(44-20-10-16-38(44)47)40(49)45(26-30)31-14-7-8-15-31/h4-6,12-13,17-18,21,23,26-27,31,33-34,36,42,46H,3,7-11,14-16,19-20,22,24-25H2,1-2H3,(H,43,48)/t27?,33-,34-,36+,41?/m0/s1. The van der Waals surface area contributed by atoms with E-state index in [1.165, 1.54) is 5.56 Å². The second-order valence-electron chi connectivity index (χ2n) is 15.1. The Labute approximate surface area is 295 Å². The summed E-state index contributed by atoms with van der Waals surface area (Å²) >= 11 is 0. The van der Waals surface area contributed by atoms with Gasteiger partial charge in [0.25, 0.3) is 11.5 Å². The van der Waals surface area contributed by atoms with E-state index in [0.717, 1.165) is 74.7 Å². The Kier molecular flexibility index (Phi) is 10.2. The molecule has 7 rings (SSSR count). The first-order chi connectivity index (χ1) is 24.2. The molecular formula is C41H52N4O5. The fourth-order valence-electron chi connectivity index (χ4n) is 8.82. The van der Waals surface area contributed by atoms with Gasteiger partial charge in [0.05, 0.1) is 17.7 Å². The van der Waals surface area contributed by atoms with Gasteiger partial charge >= 0.3 is 0 Å². The molecule has 2 aromatic carbocycles. The van der Waals surface area contributed by atoms with Crippen LogP contribution in [0.2, 0.25) is 0 Å². The number of hydrogen-bond acceptors (Lipinski definition) is 6. The van der Waals surface area contributed by atoms with Gasteiger partial charge in [-0.15, -0.1) is 0 Å². The summed E-state index contributed by atoms with van der Waals surface area (Å²) in [5, 5.41) is 18.7. The molecule has 266 valence electrons. The van der Waals surface area contributed by atoms with Crippen LogP contribution in [0.5, 0.6) is 5.75 Å². The number of pyridine rings is 1. The number of nitrogens with zero attached hydrogens (tertiary/aromatic N) is 2. The average Bonchev–Trinajstić information content (AvgIpc) is 3.89. The summed E-state index contributed by atoms with van der Waals surface area (Å²) in [6.45, 7) is 5.19. The lowest BCUT2D eigenvalue weighted by atomic mass is 9.80. The van der Waals surface area contributed by atoms with Crippen LogP contribution in [0.3, 0.4) is 0 Å². The van der Waals surface area contributed by atoms with E-state index in [9.17, 15) is 19.5 Å². The Bertz CT molecular complexity index is 1750. The first-order valence-corrected chi connectivity index (χ1v) is 18.9. The third kappa shape index (κ3) is 6.99. The van der Waals surface area contributed by atoms with E-state index in [1.54, 1.807) is 21.7 Å². The first-order valence-electron chi connectivity index (χ1n) is 18.9. The molecule has 9 nitrogen and oxygen atoms in total. The van der Waals surface area contributed by atoms with E-state index in [4.69, 9.17) is 4.74 Å². The van der Waals surface area contributed by atoms with Crippen molar-refractivity contribution in [1.82, 2.24) is 15.2 Å². The maximum absolute atomic E-state index is 14.1. The van der Waals surface area contributed by atoms with Crippen molar-refractivity contribution in [3.63, 3.8) is 0 Å². The van der Waals surface area contributed by atoms with Gasteiger partial charge < -0.3 is 29.9 Å². The number of hydrogen-bond donors (Lipinski definition) is 3. The van der Waals surface area contributed by atoms with Gasteiger partial charge in [0, 0.05) is 49.8 Å². The lowest BCUT2D eigenvalue weighted by Crippen LogP contribution is -2.51. The summed E-state index contributed by atoms with van der Waals surface area (Å²) in [7, 11) is 0. The number of aromatic nitrogens is 1. The SMILES string of the molecule is CCc1ccc2c(c1)[C@@H](NC[C@@H](O)[C@H](Cc1ccccc1)NC(=O)c1cc(N3CCCC3=O)c(=O)n(C3CCCC3)c1)CC1(CCCC1C)O2. The average molecular weight is 681 g/mol. The van der Waals surface area contributed by atoms with Gasteiger partial charge in [-0.3, -0.25) is 14.4 Å². The van der Waals surface area contributed by atoms with E-state index < -0.39 is 12.1 Å². The Hall–Kier alpha value is -3.95. The highest BCUT2D eigenvalue weighted by atomic mass is 16.5. The monoisotopic (exact) mass is 680 g/mol. The largest absolute Gasteiger partial charge is 0.487 e. The van der Waals surface area contributed by atoms with Crippen molar-refractivity contribution in [2.45, 2.75) is 121 Å². The van der Waals surface area contributed by atoms with Crippen molar-refractivity contribution in [2.75, 3.05) is 18.0 Å². The van der Waals surface area contributed by atoms with Crippen molar-refractivity contribution in [2.24, 2.45) is 5.92 Å². The summed E-state index contributed by atoms with van der Waals surface area (Å²) < 4.78 is 8.44. The molecule has 3 N–H and O–H groups in total. The number of carbonyl (C=O) groups is 2. The lowest BCUT2D eigenvalue weighted by Gasteiger charge is -2.43. The zero-order chi connectivity index (χ0) is 34.8. The van der Waals surface area contributed by atoms with Crippen LogP contribution >= 0.6 is 0 Å². The Balaban J connectivity index is 1.15. The van der Waals surface area contributed by atoms with Gasteiger partial charge in [0.15, 0.2) is 0 Å². The quantitative estimate of drug-likeness (QED) is 0.228. The zero-order valence-electron chi connectivity index (χ0n) is 29.5. The molecule has 2 unspecified atom stereocenters. The van der Waals surface area contributed by atoms with Crippen molar-refractivity contribution in [3.8, 4) is 5.75 Å². The number of benzene rings is 2. The first kappa shape index (κ1) is 34.5. The van der Waals surface area contributed by atoms with E-state index >= 15 is 0 Å². The van der Waals surface area contributed by atoms with Gasteiger partial charge in [-0.1, -0.05) is 69.2 Å². The van der Waals surface area contributed by atoms with Crippen LogP contribution in [0.4, 0.5) is 5.69 Å². The Morgan fingerprint density at radius 2 is 1.82 bits per heavy atom. The molecule has 50 heavy (non-hydrogen) atoms. The highest BCUT2D eigenvalue weighted by molar-refractivity contribution is 5.98. The minimum atomic E-state index is -0.905. The maximum atomic E-state index is 14.1. The minimum Gasteiger partial charge on any atom is -0.487 e. The number of anilines is 1. The number of fused-ring (bicyclic) bond motifs is 1. The molecule has 0 radical (unpaired) electrons. The molecular weight excluding hydrogens is 628 g/mol. The number of aliphatic hydroxyl groups is 1. The van der Waals surface area contributed by atoms with Crippen LogP contribution in [0.15, 0.2) is 65.6 Å². The molecule has 2 aliphatic carbocycles. The van der Waals surface area contributed by atoms with Crippen LogP contribution in [0, 0.1) is 5.92 Å². The lowest BCUT2D eigenvalue weighted by molar-refractivity contribution is -0.117. The summed E-state index contributed by atoms with van der Waals surface area (Å²) in [6.07, 6.45) is 11.1.